The molecule has 0 radical (unpaired) electrons. The third-order valence-electron chi connectivity index (χ3n) is 9.58. The van der Waals surface area contributed by atoms with Crippen molar-refractivity contribution >= 4 is 18.5 Å². The highest BCUT2D eigenvalue weighted by Gasteiger charge is 2.50. The topological polar surface area (TPSA) is 9.23 Å². The zero-order chi connectivity index (χ0) is 29.8. The van der Waals surface area contributed by atoms with Gasteiger partial charge in [-0.25, -0.2) is 0 Å². The van der Waals surface area contributed by atoms with Crippen molar-refractivity contribution in [3.05, 3.63) is 191 Å². The molecule has 0 saturated carbocycles. The first kappa shape index (κ1) is 26.4. The fraction of sp³-hybridized carbons (Fsp3) is 0.0698. The summed E-state index contributed by atoms with van der Waals surface area (Å²) in [6.45, 7) is 0. The maximum absolute atomic E-state index is 6.79. The van der Waals surface area contributed by atoms with Crippen LogP contribution in [0.1, 0.15) is 35.1 Å². The molecule has 6 aromatic carbocycles. The standard InChI is InChI=1S/C43H31OP/c1-3-15-32(16-4-1)45(33-17-5-2-6-18-33)34-19-13-14-30(28-34)31-26-27-40-42(29-31)44-41-25-12-11-24-39(41)43(40)37-22-9-7-20-35(37)36-21-8-10-23-38(36)43/h1-5,7-17,19-29H,6,18H2. The Morgan fingerprint density at radius 3 is 1.91 bits per heavy atom. The molecule has 0 aromatic heterocycles. The van der Waals surface area contributed by atoms with Crippen LogP contribution >= 0.6 is 7.92 Å². The van der Waals surface area contributed by atoms with E-state index in [1.54, 1.807) is 0 Å². The molecule has 1 unspecified atom stereocenters. The summed E-state index contributed by atoms with van der Waals surface area (Å²) in [6.07, 6.45) is 9.06. The molecular weight excluding hydrogens is 563 g/mol. The molecule has 0 saturated heterocycles. The van der Waals surface area contributed by atoms with Gasteiger partial charge in [0.2, 0.25) is 0 Å². The van der Waals surface area contributed by atoms with Crippen LogP contribution in [0.3, 0.4) is 0 Å². The lowest BCUT2D eigenvalue weighted by Gasteiger charge is -2.39. The lowest BCUT2D eigenvalue weighted by atomic mass is 9.66. The Hall–Kier alpha value is -4.97. The summed E-state index contributed by atoms with van der Waals surface area (Å²) < 4.78 is 6.79. The number of fused-ring (bicyclic) bond motifs is 9. The third-order valence-corrected chi connectivity index (χ3v) is 12.1. The van der Waals surface area contributed by atoms with Crippen LogP contribution in [0, 0.1) is 0 Å². The van der Waals surface area contributed by atoms with Crippen molar-refractivity contribution in [2.45, 2.75) is 18.3 Å². The average Bonchev–Trinajstić information content (AvgIpc) is 3.40. The predicted molar refractivity (Wildman–Crippen MR) is 188 cm³/mol. The maximum Gasteiger partial charge on any atom is 0.132 e. The van der Waals surface area contributed by atoms with E-state index < -0.39 is 13.3 Å². The first-order chi connectivity index (χ1) is 22.3. The first-order valence-corrected chi connectivity index (χ1v) is 17.1. The molecular formula is C43H31OP. The SMILES string of the molecule is C1=CCCC(P(c2ccccc2)c2cccc(-c3ccc4c(c3)Oc3ccccc3C43c4ccccc4-c4ccccc43)c2)=C1. The number of ether oxygens (including phenoxy) is 1. The molecule has 214 valence electrons. The van der Waals surface area contributed by atoms with Gasteiger partial charge in [-0.2, -0.15) is 0 Å². The molecule has 1 aliphatic heterocycles. The number of benzene rings is 6. The summed E-state index contributed by atoms with van der Waals surface area (Å²) in [5.74, 6) is 1.85. The van der Waals surface area contributed by atoms with Crippen molar-refractivity contribution < 1.29 is 4.74 Å². The van der Waals surface area contributed by atoms with Crippen molar-refractivity contribution in [3.63, 3.8) is 0 Å². The van der Waals surface area contributed by atoms with E-state index in [9.17, 15) is 0 Å². The van der Waals surface area contributed by atoms with E-state index in [1.165, 1.54) is 60.4 Å². The zero-order valence-electron chi connectivity index (χ0n) is 24.9. The van der Waals surface area contributed by atoms with Crippen LogP contribution in [0.4, 0.5) is 0 Å². The number of allylic oxidation sites excluding steroid dienone is 4. The van der Waals surface area contributed by atoms with E-state index in [4.69, 9.17) is 4.74 Å². The smallest absolute Gasteiger partial charge is 0.132 e. The van der Waals surface area contributed by atoms with Crippen LogP contribution in [0.2, 0.25) is 0 Å². The molecule has 3 aliphatic rings. The van der Waals surface area contributed by atoms with Gasteiger partial charge >= 0.3 is 0 Å². The highest BCUT2D eigenvalue weighted by atomic mass is 31.1. The van der Waals surface area contributed by atoms with Crippen LogP contribution in [0.5, 0.6) is 11.5 Å². The second-order valence-corrected chi connectivity index (χ2v) is 14.3. The van der Waals surface area contributed by atoms with Gasteiger partial charge in [0.15, 0.2) is 0 Å². The summed E-state index contributed by atoms with van der Waals surface area (Å²) in [5, 5.41) is 4.31. The lowest BCUT2D eigenvalue weighted by molar-refractivity contribution is 0.436. The Morgan fingerprint density at radius 2 is 1.16 bits per heavy atom. The van der Waals surface area contributed by atoms with Gasteiger partial charge in [0.05, 0.1) is 5.41 Å². The van der Waals surface area contributed by atoms with Crippen molar-refractivity contribution in [1.29, 1.82) is 0 Å². The molecule has 0 fully saturated rings. The minimum atomic E-state index is -0.612. The lowest BCUT2D eigenvalue weighted by Crippen LogP contribution is -2.32. The highest BCUT2D eigenvalue weighted by molar-refractivity contribution is 7.76. The molecule has 1 heterocycles. The number of hydrogen-bond acceptors (Lipinski definition) is 1. The monoisotopic (exact) mass is 594 g/mol. The molecule has 0 N–H and O–H groups in total. The fourth-order valence-corrected chi connectivity index (χ4v) is 10.2. The largest absolute Gasteiger partial charge is 0.457 e. The Balaban J connectivity index is 1.21. The van der Waals surface area contributed by atoms with Crippen molar-refractivity contribution in [3.8, 4) is 33.8 Å². The van der Waals surface area contributed by atoms with E-state index in [2.05, 4.69) is 164 Å². The van der Waals surface area contributed by atoms with Crippen LogP contribution in [-0.4, -0.2) is 0 Å². The van der Waals surface area contributed by atoms with Crippen molar-refractivity contribution in [2.75, 3.05) is 0 Å². The van der Waals surface area contributed by atoms with Gasteiger partial charge in [0, 0.05) is 11.1 Å². The summed E-state index contributed by atoms with van der Waals surface area (Å²) >= 11 is 0. The molecule has 0 bridgehead atoms. The summed E-state index contributed by atoms with van der Waals surface area (Å²) in [5.41, 5.74) is 9.60. The minimum absolute atomic E-state index is 0.430. The Morgan fingerprint density at radius 1 is 0.511 bits per heavy atom. The highest BCUT2D eigenvalue weighted by Crippen LogP contribution is 2.62. The van der Waals surface area contributed by atoms with Crippen molar-refractivity contribution in [1.82, 2.24) is 0 Å². The summed E-state index contributed by atoms with van der Waals surface area (Å²) in [4.78, 5) is 0. The average molecular weight is 595 g/mol. The Kier molecular flexibility index (Phi) is 6.22. The Bertz CT molecular complexity index is 2110. The van der Waals surface area contributed by atoms with Gasteiger partial charge < -0.3 is 4.74 Å². The fourth-order valence-electron chi connectivity index (χ4n) is 7.70. The zero-order valence-corrected chi connectivity index (χ0v) is 25.8. The van der Waals surface area contributed by atoms with E-state index in [0.717, 1.165) is 24.3 Å². The van der Waals surface area contributed by atoms with Gasteiger partial charge in [-0.1, -0.05) is 146 Å². The van der Waals surface area contributed by atoms with Crippen LogP contribution in [0.25, 0.3) is 22.3 Å². The quantitative estimate of drug-likeness (QED) is 0.184. The number of hydrogen-bond donors (Lipinski definition) is 0. The number of para-hydroxylation sites is 1. The molecule has 1 spiro atoms. The maximum atomic E-state index is 6.79. The van der Waals surface area contributed by atoms with Gasteiger partial charge in [-0.05, 0) is 88.3 Å². The summed E-state index contributed by atoms with van der Waals surface area (Å²) in [7, 11) is -0.612. The van der Waals surface area contributed by atoms with E-state index in [0.29, 0.717) is 0 Å². The van der Waals surface area contributed by atoms with E-state index in [-0.39, 0.29) is 0 Å². The van der Waals surface area contributed by atoms with Gasteiger partial charge in [-0.15, -0.1) is 0 Å². The summed E-state index contributed by atoms with van der Waals surface area (Å²) in [6, 6.07) is 53.5. The predicted octanol–water partition coefficient (Wildman–Crippen LogP) is 10.5. The van der Waals surface area contributed by atoms with Gasteiger partial charge in [0.1, 0.15) is 11.5 Å². The van der Waals surface area contributed by atoms with Crippen molar-refractivity contribution in [2.24, 2.45) is 0 Å². The molecule has 1 nitrogen and oxygen atoms in total. The second-order valence-electron chi connectivity index (χ2n) is 12.0. The first-order valence-electron chi connectivity index (χ1n) is 15.7. The van der Waals surface area contributed by atoms with E-state index >= 15 is 0 Å². The van der Waals surface area contributed by atoms with Crippen LogP contribution in [-0.2, 0) is 5.41 Å². The molecule has 45 heavy (non-hydrogen) atoms. The number of rotatable bonds is 4. The second kappa shape index (κ2) is 10.6. The molecule has 2 heteroatoms. The molecule has 2 aliphatic carbocycles. The van der Waals surface area contributed by atoms with Gasteiger partial charge in [-0.3, -0.25) is 0 Å². The molecule has 6 aromatic rings. The Labute approximate surface area is 265 Å². The minimum Gasteiger partial charge on any atom is -0.457 e. The third kappa shape index (κ3) is 4.04. The van der Waals surface area contributed by atoms with Crippen LogP contribution in [0.15, 0.2) is 169 Å². The van der Waals surface area contributed by atoms with E-state index in [1.807, 2.05) is 0 Å². The molecule has 9 rings (SSSR count). The van der Waals surface area contributed by atoms with Gasteiger partial charge in [0.25, 0.3) is 0 Å². The normalized spacial score (nSPS) is 15.7. The molecule has 0 amide bonds. The van der Waals surface area contributed by atoms with Crippen LogP contribution < -0.4 is 15.3 Å². The molecule has 1 atom stereocenters.